The second-order valence-electron chi connectivity index (χ2n) is 6.41. The first-order valence-corrected chi connectivity index (χ1v) is 9.78. The molecule has 2 aromatic rings. The number of nitrogens with zero attached hydrogens (tertiary/aromatic N) is 1. The van der Waals surface area contributed by atoms with E-state index in [2.05, 4.69) is 4.94 Å². The Morgan fingerprint density at radius 2 is 1.93 bits per heavy atom. The fourth-order valence-electron chi connectivity index (χ4n) is 2.68. The summed E-state index contributed by atoms with van der Waals surface area (Å²) in [4.78, 5) is 15.2. The number of carbonyl (C=O) groups excluding carboxylic acids is 1. The molecular weight excluding hydrogens is 416 g/mol. The average Bonchev–Trinajstić information content (AvgIpc) is 2.71. The molecule has 0 aliphatic rings. The molecule has 0 unspecified atom stereocenters. The van der Waals surface area contributed by atoms with Crippen LogP contribution >= 0.6 is 23.2 Å². The van der Waals surface area contributed by atoms with Crippen molar-refractivity contribution in [3.63, 3.8) is 0 Å². The molecule has 0 aliphatic carbocycles. The number of carbonyl (C=O) groups is 1. The zero-order valence-corrected chi connectivity index (χ0v) is 17.4. The maximum Gasteiger partial charge on any atom is 0.375 e. The highest BCUT2D eigenvalue weighted by atomic mass is 35.5. The fourth-order valence-corrected chi connectivity index (χ4v) is 3.19. The van der Waals surface area contributed by atoms with Gasteiger partial charge < -0.3 is 4.74 Å². The average molecular weight is 436 g/mol. The molecule has 7 heteroatoms. The van der Waals surface area contributed by atoms with E-state index in [1.54, 1.807) is 36.4 Å². The minimum Gasteiger partial charge on any atom is -0.489 e. The van der Waals surface area contributed by atoms with Gasteiger partial charge in [0.05, 0.1) is 6.07 Å². The first kappa shape index (κ1) is 22.7. The van der Waals surface area contributed by atoms with Gasteiger partial charge in [0.2, 0.25) is 0 Å². The maximum absolute atomic E-state index is 12.5. The van der Waals surface area contributed by atoms with Gasteiger partial charge in [-0.1, -0.05) is 35.3 Å². The highest BCUT2D eigenvalue weighted by Gasteiger charge is 2.13. The van der Waals surface area contributed by atoms with Crippen LogP contribution in [0.4, 0.5) is 4.53 Å². The Morgan fingerprint density at radius 3 is 2.59 bits per heavy atom. The van der Waals surface area contributed by atoms with Gasteiger partial charge in [-0.15, -0.1) is 0 Å². The van der Waals surface area contributed by atoms with E-state index in [1.165, 1.54) is 0 Å². The van der Waals surface area contributed by atoms with Gasteiger partial charge in [-0.05, 0) is 67.7 Å². The SMILES string of the molecule is Cc1ccc(OCc2c(Cl)cccc2Cl)cc1/C=C(\CCCCC#N)C(=O)OF. The third-order valence-corrected chi connectivity index (χ3v) is 5.05. The minimum absolute atomic E-state index is 0.179. The summed E-state index contributed by atoms with van der Waals surface area (Å²) in [5.74, 6) is -0.481. The van der Waals surface area contributed by atoms with Crippen LogP contribution in [-0.2, 0) is 16.3 Å². The molecule has 0 N–H and O–H groups in total. The van der Waals surface area contributed by atoms with Gasteiger partial charge in [0.15, 0.2) is 0 Å². The molecule has 2 aromatic carbocycles. The topological polar surface area (TPSA) is 59.3 Å². The number of benzene rings is 2. The normalized spacial score (nSPS) is 11.1. The Bertz CT molecular complexity index is 918. The Balaban J connectivity index is 2.20. The van der Waals surface area contributed by atoms with Crippen LogP contribution in [0.5, 0.6) is 5.75 Å². The van der Waals surface area contributed by atoms with E-state index in [-0.39, 0.29) is 12.2 Å². The monoisotopic (exact) mass is 435 g/mol. The van der Waals surface area contributed by atoms with Gasteiger partial charge in [0, 0.05) is 32.1 Å². The quantitative estimate of drug-likeness (QED) is 0.321. The van der Waals surface area contributed by atoms with Crippen molar-refractivity contribution in [2.75, 3.05) is 0 Å². The predicted molar refractivity (Wildman–Crippen MR) is 111 cm³/mol. The summed E-state index contributed by atoms with van der Waals surface area (Å²) in [6.07, 6.45) is 3.47. The minimum atomic E-state index is -1.03. The highest BCUT2D eigenvalue weighted by Crippen LogP contribution is 2.27. The van der Waals surface area contributed by atoms with E-state index < -0.39 is 5.97 Å². The smallest absolute Gasteiger partial charge is 0.375 e. The van der Waals surface area contributed by atoms with Crippen LogP contribution in [0.1, 0.15) is 42.4 Å². The molecular formula is C22H20Cl2FNO3. The van der Waals surface area contributed by atoms with Crippen molar-refractivity contribution < 1.29 is 19.0 Å². The molecule has 0 fully saturated rings. The first-order valence-electron chi connectivity index (χ1n) is 9.03. The second-order valence-corrected chi connectivity index (χ2v) is 7.22. The molecule has 152 valence electrons. The number of hydrogen-bond donors (Lipinski definition) is 0. The first-order chi connectivity index (χ1) is 14.0. The number of hydrogen-bond acceptors (Lipinski definition) is 4. The van der Waals surface area contributed by atoms with Crippen LogP contribution in [0.25, 0.3) is 6.08 Å². The zero-order chi connectivity index (χ0) is 21.2. The number of aryl methyl sites for hydroxylation is 1. The van der Waals surface area contributed by atoms with Crippen LogP contribution in [0.15, 0.2) is 42.0 Å². The van der Waals surface area contributed by atoms with E-state index in [9.17, 15) is 9.32 Å². The lowest BCUT2D eigenvalue weighted by atomic mass is 10.0. The Hall–Kier alpha value is -2.55. The van der Waals surface area contributed by atoms with Gasteiger partial charge >= 0.3 is 5.97 Å². The number of unbranched alkanes of at least 4 members (excludes halogenated alkanes) is 2. The number of nitriles is 1. The Labute approximate surface area is 179 Å². The van der Waals surface area contributed by atoms with E-state index in [0.717, 1.165) is 5.56 Å². The number of halogens is 3. The summed E-state index contributed by atoms with van der Waals surface area (Å²) in [5, 5.41) is 9.63. The molecule has 4 nitrogen and oxygen atoms in total. The molecule has 0 saturated heterocycles. The molecule has 29 heavy (non-hydrogen) atoms. The molecule has 0 amide bonds. The van der Waals surface area contributed by atoms with Crippen molar-refractivity contribution in [1.29, 1.82) is 5.26 Å². The summed E-state index contributed by atoms with van der Waals surface area (Å²) >= 11 is 12.3. The second kappa shape index (κ2) is 11.5. The summed E-state index contributed by atoms with van der Waals surface area (Å²) in [5.41, 5.74) is 2.45. The van der Waals surface area contributed by atoms with Crippen molar-refractivity contribution >= 4 is 35.2 Å². The highest BCUT2D eigenvalue weighted by molar-refractivity contribution is 6.35. The zero-order valence-electron chi connectivity index (χ0n) is 15.9. The molecule has 2 rings (SSSR count). The fraction of sp³-hybridized carbons (Fsp3) is 0.273. The van der Waals surface area contributed by atoms with Gasteiger partial charge in [-0.3, -0.25) is 0 Å². The van der Waals surface area contributed by atoms with Crippen molar-refractivity contribution in [3.05, 3.63) is 68.7 Å². The molecule has 0 radical (unpaired) electrons. The lowest BCUT2D eigenvalue weighted by molar-refractivity contribution is -0.178. The number of ether oxygens (including phenoxy) is 1. The van der Waals surface area contributed by atoms with Crippen LogP contribution in [0.2, 0.25) is 10.0 Å². The maximum atomic E-state index is 12.5. The van der Waals surface area contributed by atoms with E-state index in [4.69, 9.17) is 33.2 Å². The summed E-state index contributed by atoms with van der Waals surface area (Å²) in [6.45, 7) is 2.05. The van der Waals surface area contributed by atoms with Gasteiger partial charge in [-0.2, -0.15) is 5.26 Å². The van der Waals surface area contributed by atoms with E-state index in [0.29, 0.717) is 52.6 Å². The van der Waals surface area contributed by atoms with Gasteiger partial charge in [0.25, 0.3) is 0 Å². The standard InChI is InChI=1S/C22H20Cl2FNO3/c1-15-9-10-18(28-14-19-20(23)7-5-8-21(19)24)13-17(15)12-16(22(27)29-25)6-3-2-4-11-26/h5,7-10,12-13H,2-4,6,14H2,1H3/b16-12+. The van der Waals surface area contributed by atoms with Crippen LogP contribution in [-0.4, -0.2) is 5.97 Å². The largest absolute Gasteiger partial charge is 0.489 e. The molecule has 0 heterocycles. The molecule has 0 bridgehead atoms. The lowest BCUT2D eigenvalue weighted by Crippen LogP contribution is -2.03. The van der Waals surface area contributed by atoms with E-state index >= 15 is 0 Å². The van der Waals surface area contributed by atoms with Crippen molar-refractivity contribution in [2.24, 2.45) is 0 Å². The van der Waals surface area contributed by atoms with Crippen LogP contribution in [0.3, 0.4) is 0 Å². The van der Waals surface area contributed by atoms with Crippen molar-refractivity contribution in [2.45, 2.75) is 39.2 Å². The molecule has 0 spiro atoms. The van der Waals surface area contributed by atoms with Gasteiger partial charge in [-0.25, -0.2) is 9.74 Å². The molecule has 0 aliphatic heterocycles. The summed E-state index contributed by atoms with van der Waals surface area (Å²) in [6, 6.07) is 12.6. The Morgan fingerprint density at radius 1 is 1.21 bits per heavy atom. The molecule has 0 saturated carbocycles. The van der Waals surface area contributed by atoms with Crippen molar-refractivity contribution in [3.8, 4) is 11.8 Å². The van der Waals surface area contributed by atoms with E-state index in [1.807, 2.05) is 19.1 Å². The Kier molecular flexibility index (Phi) is 8.98. The molecule has 0 atom stereocenters. The molecule has 0 aromatic heterocycles. The predicted octanol–water partition coefficient (Wildman–Crippen LogP) is 6.78. The third kappa shape index (κ3) is 6.77. The summed E-state index contributed by atoms with van der Waals surface area (Å²) < 4.78 is 18.3. The van der Waals surface area contributed by atoms with Crippen LogP contribution < -0.4 is 4.74 Å². The number of rotatable bonds is 9. The third-order valence-electron chi connectivity index (χ3n) is 4.34. The van der Waals surface area contributed by atoms with Crippen molar-refractivity contribution in [1.82, 2.24) is 0 Å². The summed E-state index contributed by atoms with van der Waals surface area (Å²) in [7, 11) is 0. The van der Waals surface area contributed by atoms with Gasteiger partial charge in [0.1, 0.15) is 12.4 Å². The van der Waals surface area contributed by atoms with Crippen LogP contribution in [0, 0.1) is 18.3 Å². The lowest BCUT2D eigenvalue weighted by Gasteiger charge is -2.11.